The molecule has 0 saturated carbocycles. The van der Waals surface area contributed by atoms with Gasteiger partial charge in [0.15, 0.2) is 0 Å². The second kappa shape index (κ2) is 6.28. The van der Waals surface area contributed by atoms with Crippen LogP contribution in [0.4, 0.5) is 0 Å². The van der Waals surface area contributed by atoms with E-state index in [1.807, 2.05) is 19.1 Å². The molecule has 0 aliphatic rings. The molecule has 0 spiro atoms. The summed E-state index contributed by atoms with van der Waals surface area (Å²) in [5, 5.41) is 0. The van der Waals surface area contributed by atoms with E-state index in [0.29, 0.717) is 30.4 Å². The van der Waals surface area contributed by atoms with Crippen molar-refractivity contribution in [2.45, 2.75) is 27.7 Å². The molecule has 0 radical (unpaired) electrons. The fraction of sp³-hybridized carbons (Fsp3) is 0.500. The van der Waals surface area contributed by atoms with Crippen molar-refractivity contribution in [1.82, 2.24) is 0 Å². The summed E-state index contributed by atoms with van der Waals surface area (Å²) in [6.45, 7) is 8.83. The topological polar surface area (TPSA) is 35.5 Å². The Morgan fingerprint density at radius 1 is 1.35 bits per heavy atom. The zero-order valence-corrected chi connectivity index (χ0v) is 10.9. The van der Waals surface area contributed by atoms with Crippen LogP contribution in [-0.2, 0) is 4.74 Å². The number of carbonyl (C=O) groups excluding carboxylic acids is 1. The molecular formula is C14H20O3. The summed E-state index contributed by atoms with van der Waals surface area (Å²) >= 11 is 0. The Bertz CT molecular complexity index is 383. The molecule has 0 amide bonds. The van der Waals surface area contributed by atoms with Crippen molar-refractivity contribution in [3.05, 3.63) is 29.3 Å². The van der Waals surface area contributed by atoms with Gasteiger partial charge in [0.05, 0.1) is 13.2 Å². The van der Waals surface area contributed by atoms with Crippen molar-refractivity contribution in [2.75, 3.05) is 13.2 Å². The summed E-state index contributed by atoms with van der Waals surface area (Å²) in [6, 6.07) is 5.55. The largest absolute Gasteiger partial charge is 0.492 e. The van der Waals surface area contributed by atoms with Crippen molar-refractivity contribution < 1.29 is 14.3 Å². The van der Waals surface area contributed by atoms with Crippen molar-refractivity contribution in [2.24, 2.45) is 5.92 Å². The van der Waals surface area contributed by atoms with Gasteiger partial charge in [0, 0.05) is 0 Å². The first-order valence-electron chi connectivity index (χ1n) is 5.95. The number of ether oxygens (including phenoxy) is 2. The van der Waals surface area contributed by atoms with Gasteiger partial charge in [-0.2, -0.15) is 0 Å². The van der Waals surface area contributed by atoms with E-state index < -0.39 is 0 Å². The zero-order valence-electron chi connectivity index (χ0n) is 10.9. The Kier molecular flexibility index (Phi) is 5.01. The average molecular weight is 236 g/mol. The second-order valence-electron chi connectivity index (χ2n) is 4.42. The number of aryl methyl sites for hydroxylation is 1. The van der Waals surface area contributed by atoms with Crippen molar-refractivity contribution in [1.29, 1.82) is 0 Å². The van der Waals surface area contributed by atoms with Gasteiger partial charge in [-0.3, -0.25) is 0 Å². The molecule has 0 unspecified atom stereocenters. The van der Waals surface area contributed by atoms with Gasteiger partial charge >= 0.3 is 5.97 Å². The standard InChI is InChI=1S/C14H20O3/c1-5-16-14(15)12-8-11(4)6-7-13(12)17-9-10(2)3/h6-8,10H,5,9H2,1-4H3. The number of carbonyl (C=O) groups is 1. The summed E-state index contributed by atoms with van der Waals surface area (Å²) < 4.78 is 10.6. The predicted molar refractivity (Wildman–Crippen MR) is 67.5 cm³/mol. The molecule has 0 heterocycles. The molecule has 0 aliphatic carbocycles. The van der Waals surface area contributed by atoms with Gasteiger partial charge in [-0.1, -0.05) is 25.5 Å². The molecule has 0 aromatic heterocycles. The van der Waals surface area contributed by atoms with E-state index in [-0.39, 0.29) is 5.97 Å². The molecule has 1 aromatic rings. The van der Waals surface area contributed by atoms with Crippen LogP contribution in [0.1, 0.15) is 36.7 Å². The van der Waals surface area contributed by atoms with Crippen LogP contribution < -0.4 is 4.74 Å². The monoisotopic (exact) mass is 236 g/mol. The quantitative estimate of drug-likeness (QED) is 0.736. The van der Waals surface area contributed by atoms with Gasteiger partial charge in [0.1, 0.15) is 11.3 Å². The molecule has 0 bridgehead atoms. The average Bonchev–Trinajstić information content (AvgIpc) is 2.27. The lowest BCUT2D eigenvalue weighted by Crippen LogP contribution is -2.11. The third-order valence-electron chi connectivity index (χ3n) is 2.20. The van der Waals surface area contributed by atoms with E-state index in [0.717, 1.165) is 5.56 Å². The van der Waals surface area contributed by atoms with Gasteiger partial charge in [0.25, 0.3) is 0 Å². The second-order valence-corrected chi connectivity index (χ2v) is 4.42. The summed E-state index contributed by atoms with van der Waals surface area (Å²) in [7, 11) is 0. The first kappa shape index (κ1) is 13.6. The summed E-state index contributed by atoms with van der Waals surface area (Å²) in [5.74, 6) is 0.698. The smallest absolute Gasteiger partial charge is 0.341 e. The van der Waals surface area contributed by atoms with Gasteiger partial charge < -0.3 is 9.47 Å². The maximum atomic E-state index is 11.8. The number of benzene rings is 1. The Balaban J connectivity index is 2.91. The first-order chi connectivity index (χ1) is 8.04. The van der Waals surface area contributed by atoms with Crippen molar-refractivity contribution >= 4 is 5.97 Å². The highest BCUT2D eigenvalue weighted by Gasteiger charge is 2.14. The maximum absolute atomic E-state index is 11.8. The molecule has 1 rings (SSSR count). The molecule has 3 heteroatoms. The van der Waals surface area contributed by atoms with Crippen LogP contribution in [0.15, 0.2) is 18.2 Å². The lowest BCUT2D eigenvalue weighted by molar-refractivity contribution is 0.0521. The molecule has 0 fully saturated rings. The van der Waals surface area contributed by atoms with Crippen LogP contribution in [0, 0.1) is 12.8 Å². The van der Waals surface area contributed by atoms with Crippen molar-refractivity contribution in [3.8, 4) is 5.75 Å². The van der Waals surface area contributed by atoms with Gasteiger partial charge in [-0.15, -0.1) is 0 Å². The lowest BCUT2D eigenvalue weighted by atomic mass is 10.1. The molecule has 1 aromatic carbocycles. The number of hydrogen-bond acceptors (Lipinski definition) is 3. The minimum absolute atomic E-state index is 0.324. The summed E-state index contributed by atoms with van der Waals surface area (Å²) in [4.78, 5) is 11.8. The van der Waals surface area contributed by atoms with E-state index >= 15 is 0 Å². The van der Waals surface area contributed by atoms with E-state index in [4.69, 9.17) is 9.47 Å². The Morgan fingerprint density at radius 3 is 2.65 bits per heavy atom. The van der Waals surface area contributed by atoms with Crippen LogP contribution in [0.2, 0.25) is 0 Å². The van der Waals surface area contributed by atoms with Gasteiger partial charge in [-0.25, -0.2) is 4.79 Å². The molecule has 0 saturated heterocycles. The van der Waals surface area contributed by atoms with Crippen LogP contribution in [0.25, 0.3) is 0 Å². The third kappa shape index (κ3) is 4.10. The number of hydrogen-bond donors (Lipinski definition) is 0. The van der Waals surface area contributed by atoms with E-state index in [2.05, 4.69) is 13.8 Å². The van der Waals surface area contributed by atoms with Gasteiger partial charge in [0.2, 0.25) is 0 Å². The Hall–Kier alpha value is -1.51. The first-order valence-corrected chi connectivity index (χ1v) is 5.95. The van der Waals surface area contributed by atoms with Crippen LogP contribution in [0.5, 0.6) is 5.75 Å². The van der Waals surface area contributed by atoms with Crippen molar-refractivity contribution in [3.63, 3.8) is 0 Å². The highest BCUT2D eigenvalue weighted by atomic mass is 16.5. The van der Waals surface area contributed by atoms with E-state index in [1.165, 1.54) is 0 Å². The fourth-order valence-corrected chi connectivity index (χ4v) is 1.39. The van der Waals surface area contributed by atoms with Crippen LogP contribution in [0.3, 0.4) is 0 Å². The van der Waals surface area contributed by atoms with E-state index in [9.17, 15) is 4.79 Å². The predicted octanol–water partition coefficient (Wildman–Crippen LogP) is 3.21. The summed E-state index contributed by atoms with van der Waals surface area (Å²) in [6.07, 6.45) is 0. The number of rotatable bonds is 5. The molecule has 17 heavy (non-hydrogen) atoms. The van der Waals surface area contributed by atoms with E-state index in [1.54, 1.807) is 13.0 Å². The van der Waals surface area contributed by atoms with Crippen LogP contribution in [-0.4, -0.2) is 19.2 Å². The molecule has 0 atom stereocenters. The minimum atomic E-state index is -0.324. The highest BCUT2D eigenvalue weighted by Crippen LogP contribution is 2.21. The fourth-order valence-electron chi connectivity index (χ4n) is 1.39. The highest BCUT2D eigenvalue weighted by molar-refractivity contribution is 5.92. The zero-order chi connectivity index (χ0) is 12.8. The number of esters is 1. The molecule has 3 nitrogen and oxygen atoms in total. The molecule has 0 N–H and O–H groups in total. The third-order valence-corrected chi connectivity index (χ3v) is 2.20. The normalized spacial score (nSPS) is 10.4. The molecule has 94 valence electrons. The Labute approximate surface area is 103 Å². The summed E-state index contributed by atoms with van der Waals surface area (Å²) in [5.41, 5.74) is 1.53. The minimum Gasteiger partial charge on any atom is -0.492 e. The van der Waals surface area contributed by atoms with Crippen LogP contribution >= 0.6 is 0 Å². The lowest BCUT2D eigenvalue weighted by Gasteiger charge is -2.13. The molecule has 0 aliphatic heterocycles. The molecular weight excluding hydrogens is 216 g/mol. The van der Waals surface area contributed by atoms with Gasteiger partial charge in [-0.05, 0) is 31.9 Å². The maximum Gasteiger partial charge on any atom is 0.341 e. The SMILES string of the molecule is CCOC(=O)c1cc(C)ccc1OCC(C)C. The Morgan fingerprint density at radius 2 is 2.06 bits per heavy atom.